The second kappa shape index (κ2) is 10.3. The Kier molecular flexibility index (Phi) is 7.24. The van der Waals surface area contributed by atoms with Gasteiger partial charge >= 0.3 is 0 Å². The van der Waals surface area contributed by atoms with Crippen LogP contribution >= 0.6 is 23.4 Å². The molecule has 0 atom stereocenters. The number of ether oxygens (including phenoxy) is 2. The third kappa shape index (κ3) is 5.26. The van der Waals surface area contributed by atoms with Crippen LogP contribution in [0, 0.1) is 12.7 Å². The van der Waals surface area contributed by atoms with Crippen LogP contribution < -0.4 is 9.47 Å². The summed E-state index contributed by atoms with van der Waals surface area (Å²) < 4.78 is 25.1. The van der Waals surface area contributed by atoms with Crippen LogP contribution in [-0.4, -0.2) is 23.2 Å². The first kappa shape index (κ1) is 23.9. The number of benzene rings is 3. The molecule has 0 aromatic heterocycles. The van der Waals surface area contributed by atoms with Gasteiger partial charge in [-0.25, -0.2) is 4.39 Å². The number of carbonyl (C=O) groups excluding carboxylic acids is 2. The Hall–Kier alpha value is -3.29. The molecular weight excluding hydrogens is 477 g/mol. The Morgan fingerprint density at radius 2 is 1.82 bits per heavy atom. The van der Waals surface area contributed by atoms with E-state index in [-0.39, 0.29) is 34.9 Å². The van der Waals surface area contributed by atoms with E-state index in [1.807, 2.05) is 31.2 Å². The summed E-state index contributed by atoms with van der Waals surface area (Å²) in [5, 5.41) is -0.0394. The zero-order valence-corrected chi connectivity index (χ0v) is 20.1. The van der Waals surface area contributed by atoms with Gasteiger partial charge in [0.15, 0.2) is 11.5 Å². The molecule has 0 aliphatic carbocycles. The maximum atomic E-state index is 14.0. The molecule has 1 saturated heterocycles. The largest absolute Gasteiger partial charge is 0.493 e. The van der Waals surface area contributed by atoms with Gasteiger partial charge < -0.3 is 9.47 Å². The molecular formula is C26H21ClFNO4S. The Morgan fingerprint density at radius 3 is 2.53 bits per heavy atom. The van der Waals surface area contributed by atoms with Gasteiger partial charge in [0.1, 0.15) is 12.4 Å². The molecule has 4 rings (SSSR count). The van der Waals surface area contributed by atoms with E-state index in [1.54, 1.807) is 30.3 Å². The molecule has 1 heterocycles. The maximum Gasteiger partial charge on any atom is 0.293 e. The van der Waals surface area contributed by atoms with Crippen molar-refractivity contribution >= 4 is 40.6 Å². The topological polar surface area (TPSA) is 55.8 Å². The monoisotopic (exact) mass is 497 g/mol. The second-order valence-electron chi connectivity index (χ2n) is 7.65. The number of hydrogen-bond donors (Lipinski definition) is 0. The van der Waals surface area contributed by atoms with E-state index in [9.17, 15) is 14.0 Å². The zero-order chi connectivity index (χ0) is 24.2. The molecule has 0 radical (unpaired) electrons. The first-order chi connectivity index (χ1) is 16.4. The molecule has 2 amide bonds. The molecule has 8 heteroatoms. The molecule has 3 aromatic rings. The predicted molar refractivity (Wildman–Crippen MR) is 131 cm³/mol. The van der Waals surface area contributed by atoms with E-state index < -0.39 is 5.82 Å². The molecule has 0 saturated carbocycles. The molecule has 0 N–H and O–H groups in total. The smallest absolute Gasteiger partial charge is 0.293 e. The second-order valence-corrected chi connectivity index (χ2v) is 9.05. The highest BCUT2D eigenvalue weighted by molar-refractivity contribution is 8.18. The van der Waals surface area contributed by atoms with Gasteiger partial charge in [-0.3, -0.25) is 14.5 Å². The van der Waals surface area contributed by atoms with Gasteiger partial charge in [0.05, 0.1) is 23.6 Å². The zero-order valence-electron chi connectivity index (χ0n) is 18.5. The van der Waals surface area contributed by atoms with Gasteiger partial charge in [-0.2, -0.15) is 0 Å². The lowest BCUT2D eigenvalue weighted by atomic mass is 10.1. The SMILES string of the molecule is COc1cc(/C=C2\SC(=O)N(Cc3ccc(C)cc3)C2=O)ccc1OCc1c(F)cccc1Cl. The van der Waals surface area contributed by atoms with Crippen LogP contribution in [-0.2, 0) is 17.9 Å². The molecule has 174 valence electrons. The normalized spacial score (nSPS) is 14.7. The van der Waals surface area contributed by atoms with Crippen LogP contribution in [0.1, 0.15) is 22.3 Å². The summed E-state index contributed by atoms with van der Waals surface area (Å²) in [6.45, 7) is 2.13. The van der Waals surface area contributed by atoms with E-state index >= 15 is 0 Å². The number of nitrogens with zero attached hydrogens (tertiary/aromatic N) is 1. The number of amides is 2. The number of rotatable bonds is 7. The molecule has 5 nitrogen and oxygen atoms in total. The van der Waals surface area contributed by atoms with Crippen LogP contribution in [0.5, 0.6) is 11.5 Å². The molecule has 0 bridgehead atoms. The van der Waals surface area contributed by atoms with Crippen LogP contribution in [0.2, 0.25) is 5.02 Å². The van der Waals surface area contributed by atoms with Crippen molar-refractivity contribution in [3.63, 3.8) is 0 Å². The summed E-state index contributed by atoms with van der Waals surface area (Å²) in [7, 11) is 1.48. The van der Waals surface area contributed by atoms with Crippen molar-refractivity contribution in [2.75, 3.05) is 7.11 Å². The number of carbonyl (C=O) groups is 2. The number of aryl methyl sites for hydroxylation is 1. The minimum absolute atomic E-state index is 0.0703. The summed E-state index contributed by atoms with van der Waals surface area (Å²) >= 11 is 6.96. The van der Waals surface area contributed by atoms with Crippen LogP contribution in [0.3, 0.4) is 0 Å². The predicted octanol–water partition coefficient (Wildman–Crippen LogP) is 6.61. The average molecular weight is 498 g/mol. The first-order valence-electron chi connectivity index (χ1n) is 10.4. The average Bonchev–Trinajstić information content (AvgIpc) is 3.08. The minimum Gasteiger partial charge on any atom is -0.493 e. The summed E-state index contributed by atoms with van der Waals surface area (Å²) in [4.78, 5) is 26.9. The summed E-state index contributed by atoms with van der Waals surface area (Å²) in [5.74, 6) is 0.0000495. The number of imide groups is 1. The molecule has 34 heavy (non-hydrogen) atoms. The number of hydrogen-bond acceptors (Lipinski definition) is 5. The Balaban J connectivity index is 1.50. The fourth-order valence-electron chi connectivity index (χ4n) is 3.38. The number of halogens is 2. The standard InChI is InChI=1S/C26H21ClFNO4S/c1-16-6-8-17(9-7-16)14-29-25(30)24(34-26(29)31)13-18-10-11-22(23(12-18)32-2)33-15-19-20(27)4-3-5-21(19)28/h3-13H,14-15H2,1-2H3/b24-13-. The molecule has 1 aliphatic heterocycles. The molecule has 0 unspecified atom stereocenters. The minimum atomic E-state index is -0.454. The molecule has 3 aromatic carbocycles. The van der Waals surface area contributed by atoms with Gasteiger partial charge in [0.2, 0.25) is 0 Å². The van der Waals surface area contributed by atoms with Gasteiger partial charge in [-0.15, -0.1) is 0 Å². The lowest BCUT2D eigenvalue weighted by molar-refractivity contribution is -0.123. The van der Waals surface area contributed by atoms with Crippen LogP contribution in [0.4, 0.5) is 9.18 Å². The molecule has 1 fully saturated rings. The fraction of sp³-hybridized carbons (Fsp3) is 0.154. The lowest BCUT2D eigenvalue weighted by Crippen LogP contribution is -2.27. The maximum absolute atomic E-state index is 14.0. The Bertz CT molecular complexity index is 1260. The lowest BCUT2D eigenvalue weighted by Gasteiger charge is -2.13. The highest BCUT2D eigenvalue weighted by Gasteiger charge is 2.35. The van der Waals surface area contributed by atoms with Crippen molar-refractivity contribution in [2.24, 2.45) is 0 Å². The number of thioether (sulfide) groups is 1. The van der Waals surface area contributed by atoms with E-state index in [0.29, 0.717) is 22.0 Å². The fourth-order valence-corrected chi connectivity index (χ4v) is 4.43. The van der Waals surface area contributed by atoms with Gasteiger partial charge in [-0.05, 0) is 60.2 Å². The van der Waals surface area contributed by atoms with Crippen molar-refractivity contribution in [2.45, 2.75) is 20.1 Å². The van der Waals surface area contributed by atoms with Crippen molar-refractivity contribution < 1.29 is 23.5 Å². The Morgan fingerprint density at radius 1 is 1.06 bits per heavy atom. The van der Waals surface area contributed by atoms with Gasteiger partial charge in [0, 0.05) is 5.56 Å². The van der Waals surface area contributed by atoms with E-state index in [2.05, 4.69) is 0 Å². The molecule has 0 spiro atoms. The highest BCUT2D eigenvalue weighted by Crippen LogP contribution is 2.35. The summed E-state index contributed by atoms with van der Waals surface area (Å²) in [5.41, 5.74) is 2.90. The van der Waals surface area contributed by atoms with E-state index in [1.165, 1.54) is 24.1 Å². The van der Waals surface area contributed by atoms with Gasteiger partial charge in [-0.1, -0.05) is 53.6 Å². The summed E-state index contributed by atoms with van der Waals surface area (Å²) in [6.07, 6.45) is 1.64. The van der Waals surface area contributed by atoms with Crippen molar-refractivity contribution in [3.8, 4) is 11.5 Å². The van der Waals surface area contributed by atoms with E-state index in [4.69, 9.17) is 21.1 Å². The van der Waals surface area contributed by atoms with Crippen LogP contribution in [0.25, 0.3) is 6.08 Å². The highest BCUT2D eigenvalue weighted by atomic mass is 35.5. The van der Waals surface area contributed by atoms with E-state index in [0.717, 1.165) is 22.9 Å². The van der Waals surface area contributed by atoms with Crippen molar-refractivity contribution in [1.29, 1.82) is 0 Å². The summed E-state index contributed by atoms with van der Waals surface area (Å²) in [6, 6.07) is 17.2. The van der Waals surface area contributed by atoms with Crippen molar-refractivity contribution in [3.05, 3.63) is 98.7 Å². The quantitative estimate of drug-likeness (QED) is 0.344. The third-order valence-electron chi connectivity index (χ3n) is 5.25. The Labute approximate surface area is 206 Å². The van der Waals surface area contributed by atoms with Crippen molar-refractivity contribution in [1.82, 2.24) is 4.90 Å². The van der Waals surface area contributed by atoms with Crippen LogP contribution in [0.15, 0.2) is 65.6 Å². The number of methoxy groups -OCH3 is 1. The van der Waals surface area contributed by atoms with Gasteiger partial charge in [0.25, 0.3) is 11.1 Å². The third-order valence-corrected chi connectivity index (χ3v) is 6.52. The first-order valence-corrected chi connectivity index (χ1v) is 11.6. The molecule has 1 aliphatic rings.